The van der Waals surface area contributed by atoms with E-state index in [0.717, 1.165) is 22.2 Å². The van der Waals surface area contributed by atoms with Crippen molar-refractivity contribution in [3.63, 3.8) is 0 Å². The fourth-order valence-electron chi connectivity index (χ4n) is 3.67. The number of hydrogen-bond acceptors (Lipinski definition) is 5. The molecule has 0 bridgehead atoms. The number of hydrogen-bond donors (Lipinski definition) is 1. The molecule has 1 N–H and O–H groups in total. The lowest BCUT2D eigenvalue weighted by molar-refractivity contribution is -0.121. The van der Waals surface area contributed by atoms with E-state index in [4.69, 9.17) is 9.15 Å². The quantitative estimate of drug-likeness (QED) is 0.431. The van der Waals surface area contributed by atoms with E-state index in [1.807, 2.05) is 60.3 Å². The Morgan fingerprint density at radius 1 is 1.16 bits per heavy atom. The monoisotopic (exact) mass is 431 g/mol. The largest absolute Gasteiger partial charge is 0.497 e. The average Bonchev–Trinajstić information content (AvgIpc) is 3.28. The minimum absolute atomic E-state index is 0.103. The van der Waals surface area contributed by atoms with E-state index >= 15 is 0 Å². The van der Waals surface area contributed by atoms with Crippen molar-refractivity contribution in [1.29, 1.82) is 0 Å². The van der Waals surface area contributed by atoms with Crippen LogP contribution in [0.4, 0.5) is 0 Å². The van der Waals surface area contributed by atoms with E-state index in [1.54, 1.807) is 19.4 Å². The Morgan fingerprint density at radius 3 is 2.75 bits per heavy atom. The van der Waals surface area contributed by atoms with Crippen LogP contribution in [-0.2, 0) is 17.6 Å². The standard InChI is InChI=1S/C25H25N3O4/c1-17-21-9-8-20(31-2)14-23(21)32-25(30)22(17)10-11-24(29)26-13-12-18-15-27-28(16-18)19-6-4-3-5-7-19/h3-9,14-16H,10-13H2,1-2H3,(H,26,29). The van der Waals surface area contributed by atoms with E-state index in [9.17, 15) is 9.59 Å². The van der Waals surface area contributed by atoms with E-state index in [1.165, 1.54) is 0 Å². The first-order chi connectivity index (χ1) is 15.5. The van der Waals surface area contributed by atoms with Crippen LogP contribution in [0.3, 0.4) is 0 Å². The van der Waals surface area contributed by atoms with Crippen molar-refractivity contribution < 1.29 is 13.9 Å². The highest BCUT2D eigenvalue weighted by molar-refractivity contribution is 5.82. The van der Waals surface area contributed by atoms with Gasteiger partial charge in [-0.1, -0.05) is 18.2 Å². The van der Waals surface area contributed by atoms with Crippen LogP contribution in [0.1, 0.15) is 23.1 Å². The number of benzene rings is 2. The van der Waals surface area contributed by atoms with Gasteiger partial charge in [0, 0.05) is 36.2 Å². The Kier molecular flexibility index (Phi) is 6.35. The molecular weight excluding hydrogens is 406 g/mol. The average molecular weight is 431 g/mol. The zero-order valence-corrected chi connectivity index (χ0v) is 18.1. The second kappa shape index (κ2) is 9.51. The summed E-state index contributed by atoms with van der Waals surface area (Å²) in [6.07, 6.45) is 4.99. The molecule has 0 saturated heterocycles. The summed E-state index contributed by atoms with van der Waals surface area (Å²) >= 11 is 0. The van der Waals surface area contributed by atoms with Gasteiger partial charge in [-0.15, -0.1) is 0 Å². The van der Waals surface area contributed by atoms with E-state index < -0.39 is 5.63 Å². The lowest BCUT2D eigenvalue weighted by Crippen LogP contribution is -2.26. The van der Waals surface area contributed by atoms with Crippen LogP contribution in [-0.4, -0.2) is 29.3 Å². The SMILES string of the molecule is COc1ccc2c(C)c(CCC(=O)NCCc3cnn(-c4ccccc4)c3)c(=O)oc2c1. The lowest BCUT2D eigenvalue weighted by atomic mass is 10.0. The third-order valence-electron chi connectivity index (χ3n) is 5.49. The first kappa shape index (κ1) is 21.4. The summed E-state index contributed by atoms with van der Waals surface area (Å²) in [4.78, 5) is 24.8. The first-order valence-electron chi connectivity index (χ1n) is 10.5. The normalized spacial score (nSPS) is 10.9. The number of carbonyl (C=O) groups is 1. The van der Waals surface area contributed by atoms with Gasteiger partial charge < -0.3 is 14.5 Å². The minimum Gasteiger partial charge on any atom is -0.497 e. The topological polar surface area (TPSA) is 86.4 Å². The third-order valence-corrected chi connectivity index (χ3v) is 5.49. The Hall–Kier alpha value is -3.87. The van der Waals surface area contributed by atoms with Crippen LogP contribution in [0, 0.1) is 6.92 Å². The Bertz CT molecular complexity index is 1290. The predicted octanol–water partition coefficient (Wildman–Crippen LogP) is 3.59. The van der Waals surface area contributed by atoms with Crippen molar-refractivity contribution in [1.82, 2.24) is 15.1 Å². The number of fused-ring (bicyclic) bond motifs is 1. The smallest absolute Gasteiger partial charge is 0.339 e. The Balaban J connectivity index is 1.32. The van der Waals surface area contributed by atoms with Crippen molar-refractivity contribution >= 4 is 16.9 Å². The molecule has 2 heterocycles. The zero-order valence-electron chi connectivity index (χ0n) is 18.1. The highest BCUT2D eigenvalue weighted by atomic mass is 16.5. The molecule has 4 rings (SSSR count). The summed E-state index contributed by atoms with van der Waals surface area (Å²) < 4.78 is 12.4. The van der Waals surface area contributed by atoms with Crippen molar-refractivity contribution in [2.24, 2.45) is 0 Å². The van der Waals surface area contributed by atoms with Crippen molar-refractivity contribution in [3.05, 3.63) is 88.0 Å². The second-order valence-electron chi connectivity index (χ2n) is 7.58. The summed E-state index contributed by atoms with van der Waals surface area (Å²) in [6, 6.07) is 15.2. The van der Waals surface area contributed by atoms with Crippen LogP contribution in [0.25, 0.3) is 16.7 Å². The molecule has 1 amide bonds. The lowest BCUT2D eigenvalue weighted by Gasteiger charge is -2.09. The number of nitrogens with zero attached hydrogens (tertiary/aromatic N) is 2. The maximum atomic E-state index is 12.4. The molecule has 0 radical (unpaired) electrons. The molecule has 7 heteroatoms. The van der Waals surface area contributed by atoms with Gasteiger partial charge in [0.2, 0.25) is 5.91 Å². The van der Waals surface area contributed by atoms with Gasteiger partial charge in [0.05, 0.1) is 19.0 Å². The van der Waals surface area contributed by atoms with E-state index in [2.05, 4.69) is 10.4 Å². The van der Waals surface area contributed by atoms with Crippen molar-refractivity contribution in [2.75, 3.05) is 13.7 Å². The molecule has 0 fully saturated rings. The molecule has 2 aromatic carbocycles. The maximum absolute atomic E-state index is 12.4. The fourth-order valence-corrected chi connectivity index (χ4v) is 3.67. The van der Waals surface area contributed by atoms with Crippen molar-refractivity contribution in [2.45, 2.75) is 26.2 Å². The number of carbonyl (C=O) groups excluding carboxylic acids is 1. The molecule has 0 atom stereocenters. The molecule has 0 aliphatic heterocycles. The second-order valence-corrected chi connectivity index (χ2v) is 7.58. The summed E-state index contributed by atoms with van der Waals surface area (Å²) in [6.45, 7) is 2.38. The molecular formula is C25H25N3O4. The molecule has 0 spiro atoms. The van der Waals surface area contributed by atoms with Gasteiger partial charge in [0.15, 0.2) is 0 Å². The minimum atomic E-state index is -0.413. The van der Waals surface area contributed by atoms with Gasteiger partial charge in [0.1, 0.15) is 11.3 Å². The number of amides is 1. The van der Waals surface area contributed by atoms with Gasteiger partial charge in [-0.25, -0.2) is 9.48 Å². The fraction of sp³-hybridized carbons (Fsp3) is 0.240. The van der Waals surface area contributed by atoms with Gasteiger partial charge in [-0.2, -0.15) is 5.10 Å². The van der Waals surface area contributed by atoms with Gasteiger partial charge >= 0.3 is 5.63 Å². The number of rotatable bonds is 8. The van der Waals surface area contributed by atoms with Gasteiger partial charge in [-0.05, 0) is 55.2 Å². The Labute approximate surface area is 185 Å². The molecule has 0 saturated carbocycles. The molecule has 0 aliphatic carbocycles. The summed E-state index contributed by atoms with van der Waals surface area (Å²) in [5, 5.41) is 8.13. The number of aryl methyl sites for hydroxylation is 1. The number of ether oxygens (including phenoxy) is 1. The van der Waals surface area contributed by atoms with Gasteiger partial charge in [-0.3, -0.25) is 4.79 Å². The third kappa shape index (κ3) is 4.72. The van der Waals surface area contributed by atoms with Crippen LogP contribution in [0.5, 0.6) is 5.75 Å². The number of nitrogens with one attached hydrogen (secondary N) is 1. The Morgan fingerprint density at radius 2 is 1.97 bits per heavy atom. The molecule has 2 aromatic heterocycles. The van der Waals surface area contributed by atoms with Crippen LogP contribution < -0.4 is 15.7 Å². The molecule has 4 aromatic rings. The summed E-state index contributed by atoms with van der Waals surface area (Å²) in [5.41, 5.74) is 3.46. The summed E-state index contributed by atoms with van der Waals surface area (Å²) in [5.74, 6) is 0.524. The van der Waals surface area contributed by atoms with E-state index in [0.29, 0.717) is 36.3 Å². The number of aromatic nitrogens is 2. The number of para-hydroxylation sites is 1. The zero-order chi connectivity index (χ0) is 22.5. The molecule has 0 unspecified atom stereocenters. The van der Waals surface area contributed by atoms with Crippen molar-refractivity contribution in [3.8, 4) is 11.4 Å². The highest BCUT2D eigenvalue weighted by Crippen LogP contribution is 2.24. The maximum Gasteiger partial charge on any atom is 0.339 e. The highest BCUT2D eigenvalue weighted by Gasteiger charge is 2.13. The molecule has 0 aliphatic rings. The van der Waals surface area contributed by atoms with Crippen LogP contribution in [0.15, 0.2) is 70.1 Å². The summed E-state index contributed by atoms with van der Waals surface area (Å²) in [7, 11) is 1.56. The molecule has 164 valence electrons. The predicted molar refractivity (Wildman–Crippen MR) is 122 cm³/mol. The number of methoxy groups -OCH3 is 1. The van der Waals surface area contributed by atoms with Crippen LogP contribution >= 0.6 is 0 Å². The van der Waals surface area contributed by atoms with Crippen LogP contribution in [0.2, 0.25) is 0 Å². The van der Waals surface area contributed by atoms with Gasteiger partial charge in [0.25, 0.3) is 0 Å². The molecule has 7 nitrogen and oxygen atoms in total. The first-order valence-corrected chi connectivity index (χ1v) is 10.5. The molecule has 32 heavy (non-hydrogen) atoms. The van der Waals surface area contributed by atoms with E-state index in [-0.39, 0.29) is 12.3 Å².